The summed E-state index contributed by atoms with van der Waals surface area (Å²) in [7, 11) is 1.85. The lowest BCUT2D eigenvalue weighted by Crippen LogP contribution is -2.32. The van der Waals surface area contributed by atoms with Crippen molar-refractivity contribution in [3.8, 4) is 11.5 Å². The van der Waals surface area contributed by atoms with E-state index in [2.05, 4.69) is 27.6 Å². The first-order chi connectivity index (χ1) is 13.7. The standard InChI is InChI=1S/C22H25ClN4O2/c1-13-9-14(2)20(15(3)10-13)24-19(28)12-27(5)16(4)21-25-26-22(29-21)17-7-6-8-18(23)11-17/h6-11,16H,12H2,1-5H3,(H,24,28)/t16-/m0/s1. The van der Waals surface area contributed by atoms with Crippen LogP contribution in [0.25, 0.3) is 11.5 Å². The Bertz CT molecular complexity index is 1010. The Kier molecular flexibility index (Phi) is 6.35. The monoisotopic (exact) mass is 412 g/mol. The van der Waals surface area contributed by atoms with Crippen LogP contribution in [0.15, 0.2) is 40.8 Å². The number of nitrogens with one attached hydrogen (secondary N) is 1. The van der Waals surface area contributed by atoms with E-state index in [0.717, 1.165) is 22.4 Å². The van der Waals surface area contributed by atoms with E-state index in [1.807, 2.05) is 51.8 Å². The van der Waals surface area contributed by atoms with Crippen molar-refractivity contribution in [2.75, 3.05) is 18.9 Å². The molecule has 1 N–H and O–H groups in total. The minimum Gasteiger partial charge on any atom is -0.419 e. The number of nitrogens with zero attached hydrogens (tertiary/aromatic N) is 3. The summed E-state index contributed by atoms with van der Waals surface area (Å²) in [6.07, 6.45) is 0. The predicted octanol–water partition coefficient (Wildman–Crippen LogP) is 4.95. The third-order valence-electron chi connectivity index (χ3n) is 4.87. The van der Waals surface area contributed by atoms with E-state index in [9.17, 15) is 4.79 Å². The number of halogens is 1. The number of hydrogen-bond acceptors (Lipinski definition) is 5. The fraction of sp³-hybridized carbons (Fsp3) is 0.318. The molecule has 1 amide bonds. The molecule has 1 atom stereocenters. The molecule has 152 valence electrons. The Balaban J connectivity index is 1.66. The fourth-order valence-electron chi connectivity index (χ4n) is 3.25. The zero-order chi connectivity index (χ0) is 21.1. The summed E-state index contributed by atoms with van der Waals surface area (Å²) < 4.78 is 5.80. The number of hydrogen-bond donors (Lipinski definition) is 1. The molecule has 0 radical (unpaired) electrons. The molecule has 6 nitrogen and oxygen atoms in total. The van der Waals surface area contributed by atoms with Gasteiger partial charge in [-0.25, -0.2) is 0 Å². The van der Waals surface area contributed by atoms with Gasteiger partial charge in [-0.3, -0.25) is 9.69 Å². The van der Waals surface area contributed by atoms with E-state index >= 15 is 0 Å². The molecule has 7 heteroatoms. The van der Waals surface area contributed by atoms with Crippen molar-refractivity contribution < 1.29 is 9.21 Å². The summed E-state index contributed by atoms with van der Waals surface area (Å²) in [5, 5.41) is 11.9. The predicted molar refractivity (Wildman–Crippen MR) is 115 cm³/mol. The van der Waals surface area contributed by atoms with E-state index in [-0.39, 0.29) is 18.5 Å². The lowest BCUT2D eigenvalue weighted by atomic mass is 10.1. The third kappa shape index (κ3) is 5.02. The van der Waals surface area contributed by atoms with Gasteiger partial charge < -0.3 is 9.73 Å². The molecular weight excluding hydrogens is 388 g/mol. The maximum atomic E-state index is 12.6. The van der Waals surface area contributed by atoms with Crippen molar-refractivity contribution in [2.24, 2.45) is 0 Å². The molecule has 0 aliphatic carbocycles. The van der Waals surface area contributed by atoms with Gasteiger partial charge in [-0.05, 0) is 64.1 Å². The summed E-state index contributed by atoms with van der Waals surface area (Å²) in [5.74, 6) is 0.750. The quantitative estimate of drug-likeness (QED) is 0.620. The first kappa shape index (κ1) is 21.0. The molecule has 0 saturated carbocycles. The summed E-state index contributed by atoms with van der Waals surface area (Å²) in [4.78, 5) is 14.4. The fourth-order valence-corrected chi connectivity index (χ4v) is 3.44. The number of amides is 1. The third-order valence-corrected chi connectivity index (χ3v) is 5.10. The molecule has 0 saturated heterocycles. The molecule has 1 aromatic heterocycles. The van der Waals surface area contributed by atoms with E-state index in [1.165, 1.54) is 5.56 Å². The van der Waals surface area contributed by atoms with Crippen LogP contribution in [-0.4, -0.2) is 34.6 Å². The second-order valence-corrected chi connectivity index (χ2v) is 7.81. The molecule has 2 aromatic carbocycles. The second-order valence-electron chi connectivity index (χ2n) is 7.37. The Morgan fingerprint density at radius 2 is 1.86 bits per heavy atom. The molecule has 0 spiro atoms. The number of benzene rings is 2. The van der Waals surface area contributed by atoms with E-state index in [4.69, 9.17) is 16.0 Å². The van der Waals surface area contributed by atoms with Crippen LogP contribution < -0.4 is 5.32 Å². The van der Waals surface area contributed by atoms with Crippen molar-refractivity contribution in [3.05, 3.63) is 64.0 Å². The van der Waals surface area contributed by atoms with Crippen LogP contribution in [0.2, 0.25) is 5.02 Å². The van der Waals surface area contributed by atoms with Crippen LogP contribution in [-0.2, 0) is 4.79 Å². The van der Waals surface area contributed by atoms with Gasteiger partial charge in [-0.1, -0.05) is 35.4 Å². The second kappa shape index (κ2) is 8.76. The van der Waals surface area contributed by atoms with Gasteiger partial charge in [-0.2, -0.15) is 0 Å². The maximum absolute atomic E-state index is 12.6. The van der Waals surface area contributed by atoms with Crippen LogP contribution in [0.3, 0.4) is 0 Å². The largest absolute Gasteiger partial charge is 0.419 e. The van der Waals surface area contributed by atoms with Crippen LogP contribution in [0, 0.1) is 20.8 Å². The first-order valence-corrected chi connectivity index (χ1v) is 9.79. The van der Waals surface area contributed by atoms with E-state index in [0.29, 0.717) is 16.8 Å². The number of carbonyl (C=O) groups excluding carboxylic acids is 1. The highest BCUT2D eigenvalue weighted by atomic mass is 35.5. The van der Waals surface area contributed by atoms with Crippen molar-refractivity contribution in [3.63, 3.8) is 0 Å². The van der Waals surface area contributed by atoms with Crippen molar-refractivity contribution in [2.45, 2.75) is 33.7 Å². The average molecular weight is 413 g/mol. The normalized spacial score (nSPS) is 12.2. The SMILES string of the molecule is Cc1cc(C)c(NC(=O)CN(C)[C@@H](C)c2nnc(-c3cccc(Cl)c3)o2)c(C)c1. The zero-order valence-corrected chi connectivity index (χ0v) is 18.0. The Morgan fingerprint density at radius 1 is 1.17 bits per heavy atom. The lowest BCUT2D eigenvalue weighted by molar-refractivity contribution is -0.117. The molecule has 0 fully saturated rings. The van der Waals surface area contributed by atoms with Crippen molar-refractivity contribution in [1.82, 2.24) is 15.1 Å². The molecule has 1 heterocycles. The highest BCUT2D eigenvalue weighted by Crippen LogP contribution is 2.25. The number of anilines is 1. The molecular formula is C22H25ClN4O2. The molecule has 0 unspecified atom stereocenters. The Labute approximate surface area is 175 Å². The highest BCUT2D eigenvalue weighted by Gasteiger charge is 2.21. The summed E-state index contributed by atoms with van der Waals surface area (Å²) in [6.45, 7) is 8.16. The Morgan fingerprint density at radius 3 is 2.52 bits per heavy atom. The first-order valence-electron chi connectivity index (χ1n) is 9.42. The number of likely N-dealkylation sites (N-methyl/N-ethyl adjacent to an activating group) is 1. The van der Waals surface area contributed by atoms with Gasteiger partial charge in [-0.15, -0.1) is 10.2 Å². The topological polar surface area (TPSA) is 71.3 Å². The molecule has 0 bridgehead atoms. The molecule has 0 aliphatic heterocycles. The maximum Gasteiger partial charge on any atom is 0.247 e. The van der Waals surface area contributed by atoms with Gasteiger partial charge in [0.1, 0.15) is 0 Å². The van der Waals surface area contributed by atoms with Gasteiger partial charge >= 0.3 is 0 Å². The van der Waals surface area contributed by atoms with Crippen LogP contribution in [0.5, 0.6) is 0 Å². The summed E-state index contributed by atoms with van der Waals surface area (Å²) in [5.41, 5.74) is 4.90. The zero-order valence-electron chi connectivity index (χ0n) is 17.3. The van der Waals surface area contributed by atoms with E-state index < -0.39 is 0 Å². The van der Waals surface area contributed by atoms with Crippen LogP contribution in [0.1, 0.15) is 35.5 Å². The van der Waals surface area contributed by atoms with Gasteiger partial charge in [0.05, 0.1) is 12.6 Å². The molecule has 3 aromatic rings. The van der Waals surface area contributed by atoms with Crippen LogP contribution in [0.4, 0.5) is 5.69 Å². The van der Waals surface area contributed by atoms with Crippen LogP contribution >= 0.6 is 11.6 Å². The minimum absolute atomic E-state index is 0.0935. The van der Waals surface area contributed by atoms with Crippen molar-refractivity contribution in [1.29, 1.82) is 0 Å². The smallest absolute Gasteiger partial charge is 0.247 e. The number of aryl methyl sites for hydroxylation is 3. The number of aromatic nitrogens is 2. The molecule has 3 rings (SSSR count). The van der Waals surface area contributed by atoms with Gasteiger partial charge in [0, 0.05) is 16.3 Å². The highest BCUT2D eigenvalue weighted by molar-refractivity contribution is 6.30. The number of carbonyl (C=O) groups is 1. The average Bonchev–Trinajstić information content (AvgIpc) is 3.14. The molecule has 29 heavy (non-hydrogen) atoms. The minimum atomic E-state index is -0.221. The lowest BCUT2D eigenvalue weighted by Gasteiger charge is -2.22. The van der Waals surface area contributed by atoms with Gasteiger partial charge in [0.15, 0.2) is 0 Å². The Hall–Kier alpha value is -2.70. The van der Waals surface area contributed by atoms with Gasteiger partial charge in [0.25, 0.3) is 0 Å². The van der Waals surface area contributed by atoms with Gasteiger partial charge in [0.2, 0.25) is 17.7 Å². The summed E-state index contributed by atoms with van der Waals surface area (Å²) in [6, 6.07) is 11.1. The van der Waals surface area contributed by atoms with Crippen molar-refractivity contribution >= 4 is 23.2 Å². The number of rotatable bonds is 6. The summed E-state index contributed by atoms with van der Waals surface area (Å²) >= 11 is 6.03. The van der Waals surface area contributed by atoms with E-state index in [1.54, 1.807) is 12.1 Å². The molecule has 0 aliphatic rings.